The Morgan fingerprint density at radius 3 is 2.73 bits per heavy atom. The quantitative estimate of drug-likeness (QED) is 0.584. The lowest BCUT2D eigenvalue weighted by molar-refractivity contribution is 0.101. The molecule has 0 N–H and O–H groups in total. The number of nitrogens with zero attached hydrogens (tertiary/aromatic N) is 1. The Labute approximate surface area is 93.2 Å². The van der Waals surface area contributed by atoms with E-state index in [9.17, 15) is 4.79 Å². The van der Waals surface area contributed by atoms with E-state index >= 15 is 0 Å². The Morgan fingerprint density at radius 1 is 1.60 bits per heavy atom. The maximum absolute atomic E-state index is 11.6. The maximum Gasteiger partial charge on any atom is 0.181 e. The highest BCUT2D eigenvalue weighted by atomic mass is 35.5. The molecule has 0 saturated carbocycles. The fourth-order valence-electron chi connectivity index (χ4n) is 1.39. The molecule has 0 amide bonds. The maximum atomic E-state index is 11.6. The van der Waals surface area contributed by atoms with E-state index in [1.807, 2.05) is 6.07 Å². The molecule has 1 aromatic rings. The highest BCUT2D eigenvalue weighted by Crippen LogP contribution is 2.27. The van der Waals surface area contributed by atoms with Crippen molar-refractivity contribution in [3.05, 3.63) is 28.8 Å². The van der Waals surface area contributed by atoms with Crippen LogP contribution in [0.15, 0.2) is 12.1 Å². The molecule has 0 bridgehead atoms. The smallest absolute Gasteiger partial charge is 0.181 e. The van der Waals surface area contributed by atoms with Crippen molar-refractivity contribution in [2.45, 2.75) is 6.92 Å². The standard InChI is InChI=1S/C11H10ClNO2/c1-7-3-4-8(6-13)11(15-2)10(7)9(14)5-12/h3-4H,5H2,1-2H3. The van der Waals surface area contributed by atoms with Gasteiger partial charge in [0.1, 0.15) is 11.8 Å². The number of benzene rings is 1. The van der Waals surface area contributed by atoms with Gasteiger partial charge in [-0.05, 0) is 18.6 Å². The number of rotatable bonds is 3. The predicted octanol–water partition coefficient (Wildman–Crippen LogP) is 2.30. The lowest BCUT2D eigenvalue weighted by atomic mass is 10.0. The van der Waals surface area contributed by atoms with Crippen LogP contribution in [0.3, 0.4) is 0 Å². The van der Waals surface area contributed by atoms with Crippen LogP contribution in [0.4, 0.5) is 0 Å². The van der Waals surface area contributed by atoms with E-state index in [0.29, 0.717) is 16.9 Å². The van der Waals surface area contributed by atoms with Gasteiger partial charge in [-0.1, -0.05) is 6.07 Å². The molecule has 78 valence electrons. The Balaban J connectivity index is 3.47. The molecular formula is C11H10ClNO2. The fraction of sp³-hybridized carbons (Fsp3) is 0.273. The summed E-state index contributed by atoms with van der Waals surface area (Å²) in [6, 6.07) is 5.31. The molecule has 0 atom stereocenters. The van der Waals surface area contributed by atoms with Crippen molar-refractivity contribution in [2.75, 3.05) is 13.0 Å². The van der Waals surface area contributed by atoms with Gasteiger partial charge < -0.3 is 4.74 Å². The van der Waals surface area contributed by atoms with Crippen LogP contribution in [0.25, 0.3) is 0 Å². The second-order valence-corrected chi connectivity index (χ2v) is 3.27. The molecule has 0 saturated heterocycles. The minimum absolute atomic E-state index is 0.119. The van der Waals surface area contributed by atoms with E-state index in [1.165, 1.54) is 7.11 Å². The molecule has 0 radical (unpaired) electrons. The third kappa shape index (κ3) is 2.11. The minimum atomic E-state index is -0.233. The zero-order valence-corrected chi connectivity index (χ0v) is 9.26. The molecule has 0 aliphatic carbocycles. The summed E-state index contributed by atoms with van der Waals surface area (Å²) in [5.41, 5.74) is 1.50. The summed E-state index contributed by atoms with van der Waals surface area (Å²) in [4.78, 5) is 11.6. The number of ketones is 1. The summed E-state index contributed by atoms with van der Waals surface area (Å²) in [5.74, 6) is -0.0437. The second kappa shape index (κ2) is 4.81. The third-order valence-corrected chi connectivity index (χ3v) is 2.33. The molecule has 15 heavy (non-hydrogen) atoms. The normalized spacial score (nSPS) is 9.47. The summed E-state index contributed by atoms with van der Waals surface area (Å²) in [6.07, 6.45) is 0. The molecule has 1 rings (SSSR count). The first-order chi connectivity index (χ1) is 7.15. The molecule has 0 aliphatic rings. The molecule has 0 fully saturated rings. The average molecular weight is 224 g/mol. The predicted molar refractivity (Wildman–Crippen MR) is 57.5 cm³/mol. The van der Waals surface area contributed by atoms with Crippen LogP contribution in [0.5, 0.6) is 5.75 Å². The Hall–Kier alpha value is -1.53. The number of ether oxygens (including phenoxy) is 1. The number of carbonyl (C=O) groups is 1. The van der Waals surface area contributed by atoms with Gasteiger partial charge in [0.05, 0.1) is 24.1 Å². The van der Waals surface area contributed by atoms with Gasteiger partial charge in [0, 0.05) is 0 Å². The number of methoxy groups -OCH3 is 1. The van der Waals surface area contributed by atoms with Crippen molar-refractivity contribution in [3.8, 4) is 11.8 Å². The van der Waals surface area contributed by atoms with Gasteiger partial charge in [-0.25, -0.2) is 0 Å². The van der Waals surface area contributed by atoms with Crippen LogP contribution < -0.4 is 4.74 Å². The lowest BCUT2D eigenvalue weighted by Crippen LogP contribution is -2.07. The topological polar surface area (TPSA) is 50.1 Å². The zero-order chi connectivity index (χ0) is 11.4. The van der Waals surface area contributed by atoms with Gasteiger partial charge in [0.15, 0.2) is 5.78 Å². The number of aryl methyl sites for hydroxylation is 1. The van der Waals surface area contributed by atoms with E-state index in [2.05, 4.69) is 0 Å². The van der Waals surface area contributed by atoms with Crippen molar-refractivity contribution in [2.24, 2.45) is 0 Å². The van der Waals surface area contributed by atoms with Crippen molar-refractivity contribution < 1.29 is 9.53 Å². The van der Waals surface area contributed by atoms with Crippen LogP contribution in [0, 0.1) is 18.3 Å². The molecule has 4 heteroatoms. The highest BCUT2D eigenvalue weighted by molar-refractivity contribution is 6.31. The molecule has 1 aromatic carbocycles. The first-order valence-corrected chi connectivity index (χ1v) is 4.86. The summed E-state index contributed by atoms with van der Waals surface area (Å²) in [6.45, 7) is 1.78. The first kappa shape index (κ1) is 11.5. The van der Waals surface area contributed by atoms with Crippen molar-refractivity contribution >= 4 is 17.4 Å². The Kier molecular flexibility index (Phi) is 3.70. The number of hydrogen-bond donors (Lipinski definition) is 0. The van der Waals surface area contributed by atoms with E-state index in [1.54, 1.807) is 19.1 Å². The van der Waals surface area contributed by atoms with Crippen LogP contribution in [0.1, 0.15) is 21.5 Å². The number of carbonyl (C=O) groups excluding carboxylic acids is 1. The lowest BCUT2D eigenvalue weighted by Gasteiger charge is -2.10. The van der Waals surface area contributed by atoms with Crippen LogP contribution in [-0.4, -0.2) is 18.8 Å². The number of alkyl halides is 1. The second-order valence-electron chi connectivity index (χ2n) is 3.01. The van der Waals surface area contributed by atoms with Crippen molar-refractivity contribution in [1.29, 1.82) is 5.26 Å². The summed E-state index contributed by atoms with van der Waals surface area (Å²) < 4.78 is 5.07. The van der Waals surface area contributed by atoms with Crippen LogP contribution >= 0.6 is 11.6 Å². The average Bonchev–Trinajstić information content (AvgIpc) is 2.27. The molecule has 0 heterocycles. The zero-order valence-electron chi connectivity index (χ0n) is 8.50. The van der Waals surface area contributed by atoms with Gasteiger partial charge in [-0.15, -0.1) is 11.6 Å². The molecule has 0 unspecified atom stereocenters. The van der Waals surface area contributed by atoms with Gasteiger partial charge in [0.2, 0.25) is 0 Å². The Bertz CT molecular complexity index is 435. The van der Waals surface area contributed by atoms with Gasteiger partial charge >= 0.3 is 0 Å². The summed E-state index contributed by atoms with van der Waals surface area (Å²) >= 11 is 5.49. The van der Waals surface area contributed by atoms with E-state index in [-0.39, 0.29) is 11.7 Å². The van der Waals surface area contributed by atoms with Gasteiger partial charge in [-0.3, -0.25) is 4.79 Å². The number of halogens is 1. The van der Waals surface area contributed by atoms with E-state index in [0.717, 1.165) is 5.56 Å². The largest absolute Gasteiger partial charge is 0.495 e. The van der Waals surface area contributed by atoms with E-state index < -0.39 is 0 Å². The summed E-state index contributed by atoms with van der Waals surface area (Å²) in [7, 11) is 1.43. The number of Topliss-reactive ketones (excluding diaryl/α,β-unsaturated/α-hetero) is 1. The number of hydrogen-bond acceptors (Lipinski definition) is 3. The monoisotopic (exact) mass is 223 g/mol. The molecule has 0 aromatic heterocycles. The van der Waals surface area contributed by atoms with Gasteiger partial charge in [-0.2, -0.15) is 5.26 Å². The fourth-order valence-corrected chi connectivity index (χ4v) is 1.53. The summed E-state index contributed by atoms with van der Waals surface area (Å²) in [5, 5.41) is 8.85. The molecule has 0 aliphatic heterocycles. The van der Waals surface area contributed by atoms with Crippen molar-refractivity contribution in [1.82, 2.24) is 0 Å². The molecule has 3 nitrogen and oxygen atoms in total. The van der Waals surface area contributed by atoms with Crippen LogP contribution in [0.2, 0.25) is 0 Å². The highest BCUT2D eigenvalue weighted by Gasteiger charge is 2.17. The molecular weight excluding hydrogens is 214 g/mol. The molecule has 0 spiro atoms. The number of nitriles is 1. The third-order valence-electron chi connectivity index (χ3n) is 2.09. The Morgan fingerprint density at radius 2 is 2.27 bits per heavy atom. The SMILES string of the molecule is COc1c(C#N)ccc(C)c1C(=O)CCl. The van der Waals surface area contributed by atoms with Crippen LogP contribution in [-0.2, 0) is 0 Å². The van der Waals surface area contributed by atoms with Gasteiger partial charge in [0.25, 0.3) is 0 Å². The van der Waals surface area contributed by atoms with E-state index in [4.69, 9.17) is 21.6 Å². The van der Waals surface area contributed by atoms with Crippen molar-refractivity contribution in [3.63, 3.8) is 0 Å². The minimum Gasteiger partial charge on any atom is -0.495 e. The first-order valence-electron chi connectivity index (χ1n) is 4.32.